The molecule has 3 rings (SSSR count). The molecule has 2 aromatic carbocycles. The summed E-state index contributed by atoms with van der Waals surface area (Å²) >= 11 is 1.15. The Balaban J connectivity index is 1.68. The Kier molecular flexibility index (Phi) is 4.83. The molecule has 0 fully saturated rings. The number of carbonyl (C=O) groups excluding carboxylic acids is 1. The zero-order valence-corrected chi connectivity index (χ0v) is 13.6. The van der Waals surface area contributed by atoms with Gasteiger partial charge in [-0.25, -0.2) is 5.84 Å². The average Bonchev–Trinajstić information content (AvgIpc) is 3.07. The standard InChI is InChI=1S/C17H16N4O2S/c18-20-17(21(19)13-7-2-1-3-8-13)24-11-14(22)16-10-12-6-4-5-9-15(12)23-16/h1-10H,11,18-19H2/b20-17+. The zero-order chi connectivity index (χ0) is 16.9. The first-order chi connectivity index (χ1) is 11.7. The van der Waals surface area contributed by atoms with E-state index in [2.05, 4.69) is 5.10 Å². The molecule has 7 heteroatoms. The number of carbonyl (C=O) groups is 1. The lowest BCUT2D eigenvalue weighted by Crippen LogP contribution is -2.36. The number of para-hydroxylation sites is 2. The summed E-state index contributed by atoms with van der Waals surface area (Å²) in [5.41, 5.74) is 1.41. The van der Waals surface area contributed by atoms with Crippen molar-refractivity contribution in [2.75, 3.05) is 10.8 Å². The van der Waals surface area contributed by atoms with E-state index in [1.807, 2.05) is 54.6 Å². The Hall–Kier alpha value is -2.77. The van der Waals surface area contributed by atoms with Crippen LogP contribution in [0.3, 0.4) is 0 Å². The minimum atomic E-state index is -0.154. The maximum absolute atomic E-state index is 12.3. The van der Waals surface area contributed by atoms with Crippen LogP contribution in [0.5, 0.6) is 0 Å². The number of nitrogens with zero attached hydrogens (tertiary/aromatic N) is 2. The van der Waals surface area contributed by atoms with Gasteiger partial charge in [0.25, 0.3) is 0 Å². The molecule has 122 valence electrons. The van der Waals surface area contributed by atoms with Gasteiger partial charge in [0.2, 0.25) is 11.0 Å². The molecule has 0 radical (unpaired) electrons. The number of hydrazine groups is 1. The maximum Gasteiger partial charge on any atom is 0.208 e. The van der Waals surface area contributed by atoms with Crippen molar-refractivity contribution in [2.45, 2.75) is 0 Å². The van der Waals surface area contributed by atoms with Gasteiger partial charge in [0, 0.05) is 5.39 Å². The van der Waals surface area contributed by atoms with E-state index in [9.17, 15) is 4.79 Å². The smallest absolute Gasteiger partial charge is 0.208 e. The number of hydrogen-bond acceptors (Lipinski definition) is 6. The van der Waals surface area contributed by atoms with E-state index in [4.69, 9.17) is 16.1 Å². The summed E-state index contributed by atoms with van der Waals surface area (Å²) in [5.74, 6) is 11.7. The normalized spacial score (nSPS) is 11.6. The number of furan rings is 1. The minimum absolute atomic E-state index is 0.121. The monoisotopic (exact) mass is 340 g/mol. The summed E-state index contributed by atoms with van der Waals surface area (Å²) in [4.78, 5) is 12.3. The van der Waals surface area contributed by atoms with E-state index < -0.39 is 0 Å². The zero-order valence-electron chi connectivity index (χ0n) is 12.8. The van der Waals surface area contributed by atoms with E-state index in [0.717, 1.165) is 22.8 Å². The highest BCUT2D eigenvalue weighted by Crippen LogP contribution is 2.21. The van der Waals surface area contributed by atoms with Crippen LogP contribution >= 0.6 is 11.8 Å². The van der Waals surface area contributed by atoms with Gasteiger partial charge in [0.05, 0.1) is 11.4 Å². The van der Waals surface area contributed by atoms with Gasteiger partial charge in [0.15, 0.2) is 5.76 Å². The van der Waals surface area contributed by atoms with Crippen molar-refractivity contribution >= 4 is 39.4 Å². The number of ketones is 1. The summed E-state index contributed by atoms with van der Waals surface area (Å²) in [6, 6.07) is 18.5. The van der Waals surface area contributed by atoms with E-state index in [1.54, 1.807) is 6.07 Å². The second-order valence-corrected chi connectivity index (χ2v) is 5.92. The van der Waals surface area contributed by atoms with Gasteiger partial charge in [-0.2, -0.15) is 5.10 Å². The number of hydrazone groups is 1. The molecule has 0 saturated heterocycles. The van der Waals surface area contributed by atoms with Crippen molar-refractivity contribution in [1.82, 2.24) is 0 Å². The molecule has 0 unspecified atom stereocenters. The molecule has 3 aromatic rings. The number of benzene rings is 2. The molecule has 0 bridgehead atoms. The Morgan fingerprint density at radius 1 is 1.12 bits per heavy atom. The number of nitrogens with two attached hydrogens (primary N) is 2. The third-order valence-corrected chi connectivity index (χ3v) is 4.35. The molecule has 0 spiro atoms. The highest BCUT2D eigenvalue weighted by atomic mass is 32.2. The quantitative estimate of drug-likeness (QED) is 0.249. The Morgan fingerprint density at radius 2 is 1.83 bits per heavy atom. The number of thioether (sulfide) groups is 1. The summed E-state index contributed by atoms with van der Waals surface area (Å²) in [5, 5.41) is 6.24. The highest BCUT2D eigenvalue weighted by Gasteiger charge is 2.16. The molecule has 0 aliphatic heterocycles. The highest BCUT2D eigenvalue weighted by molar-refractivity contribution is 8.14. The molecule has 0 amide bonds. The van der Waals surface area contributed by atoms with E-state index >= 15 is 0 Å². The molecule has 1 heterocycles. The summed E-state index contributed by atoms with van der Waals surface area (Å²) in [6.45, 7) is 0. The lowest BCUT2D eigenvalue weighted by Gasteiger charge is -2.18. The van der Waals surface area contributed by atoms with E-state index in [0.29, 0.717) is 16.5 Å². The van der Waals surface area contributed by atoms with Crippen LogP contribution in [0.1, 0.15) is 10.6 Å². The first-order valence-electron chi connectivity index (χ1n) is 7.21. The van der Waals surface area contributed by atoms with Crippen LogP contribution in [0.2, 0.25) is 0 Å². The number of anilines is 1. The molecule has 4 N–H and O–H groups in total. The number of rotatable bonds is 4. The Labute approximate surface area is 143 Å². The number of amidine groups is 1. The topological polar surface area (TPSA) is 97.8 Å². The van der Waals surface area contributed by atoms with Gasteiger partial charge in [0.1, 0.15) is 5.58 Å². The second kappa shape index (κ2) is 7.20. The van der Waals surface area contributed by atoms with E-state index in [1.165, 1.54) is 5.01 Å². The molecular formula is C17H16N4O2S. The number of fused-ring (bicyclic) bond motifs is 1. The van der Waals surface area contributed by atoms with Crippen LogP contribution in [-0.4, -0.2) is 16.7 Å². The van der Waals surface area contributed by atoms with Gasteiger partial charge >= 0.3 is 0 Å². The lowest BCUT2D eigenvalue weighted by molar-refractivity contribution is 0.0994. The summed E-state index contributed by atoms with van der Waals surface area (Å²) in [6.07, 6.45) is 0. The van der Waals surface area contributed by atoms with Gasteiger partial charge in [-0.15, -0.1) is 0 Å². The van der Waals surface area contributed by atoms with Crippen molar-refractivity contribution in [3.63, 3.8) is 0 Å². The first kappa shape index (κ1) is 16.1. The van der Waals surface area contributed by atoms with Crippen LogP contribution < -0.4 is 16.7 Å². The molecule has 0 atom stereocenters. The second-order valence-electron chi connectivity index (χ2n) is 4.98. The summed E-state index contributed by atoms with van der Waals surface area (Å²) in [7, 11) is 0. The first-order valence-corrected chi connectivity index (χ1v) is 8.20. The van der Waals surface area contributed by atoms with Crippen LogP contribution in [0.25, 0.3) is 11.0 Å². The number of hydrogen-bond donors (Lipinski definition) is 2. The van der Waals surface area contributed by atoms with Crippen molar-refractivity contribution in [1.29, 1.82) is 0 Å². The predicted octanol–water partition coefficient (Wildman–Crippen LogP) is 2.96. The molecule has 0 aliphatic rings. The fourth-order valence-corrected chi connectivity index (χ4v) is 2.91. The van der Waals surface area contributed by atoms with Gasteiger partial charge in [-0.1, -0.05) is 48.2 Å². The third-order valence-electron chi connectivity index (χ3n) is 3.38. The SMILES string of the molecule is N/N=C(/SCC(=O)c1cc2ccccc2o1)N(N)c1ccccc1. The Morgan fingerprint density at radius 3 is 2.54 bits per heavy atom. The van der Waals surface area contributed by atoms with Crippen LogP contribution in [0.15, 0.2) is 70.2 Å². The fourth-order valence-electron chi connectivity index (χ4n) is 2.19. The van der Waals surface area contributed by atoms with Crippen LogP contribution in [-0.2, 0) is 0 Å². The average molecular weight is 340 g/mol. The minimum Gasteiger partial charge on any atom is -0.453 e. The van der Waals surface area contributed by atoms with Crippen molar-refractivity contribution < 1.29 is 9.21 Å². The third kappa shape index (κ3) is 3.42. The molecule has 1 aromatic heterocycles. The maximum atomic E-state index is 12.3. The molecule has 0 aliphatic carbocycles. The van der Waals surface area contributed by atoms with Gasteiger partial charge in [-0.05, 0) is 24.3 Å². The van der Waals surface area contributed by atoms with Crippen LogP contribution in [0.4, 0.5) is 5.69 Å². The predicted molar refractivity (Wildman–Crippen MR) is 97.7 cm³/mol. The molecular weight excluding hydrogens is 324 g/mol. The Bertz CT molecular complexity index is 843. The van der Waals surface area contributed by atoms with Gasteiger partial charge in [-0.3, -0.25) is 9.80 Å². The van der Waals surface area contributed by atoms with Crippen molar-refractivity contribution in [3.05, 3.63) is 66.4 Å². The number of Topliss-reactive ketones (excluding diaryl/α,β-unsaturated/α-hetero) is 1. The summed E-state index contributed by atoms with van der Waals surface area (Å²) < 4.78 is 5.56. The van der Waals surface area contributed by atoms with Gasteiger partial charge < -0.3 is 10.3 Å². The largest absolute Gasteiger partial charge is 0.453 e. The molecule has 0 saturated carbocycles. The fraction of sp³-hybridized carbons (Fsp3) is 0.0588. The molecule has 6 nitrogen and oxygen atoms in total. The lowest BCUT2D eigenvalue weighted by atomic mass is 10.2. The van der Waals surface area contributed by atoms with Crippen molar-refractivity contribution in [2.24, 2.45) is 16.8 Å². The molecule has 24 heavy (non-hydrogen) atoms. The van der Waals surface area contributed by atoms with Crippen LogP contribution in [0, 0.1) is 0 Å². The van der Waals surface area contributed by atoms with E-state index in [-0.39, 0.29) is 11.5 Å². The van der Waals surface area contributed by atoms with Crippen molar-refractivity contribution in [3.8, 4) is 0 Å².